The fourth-order valence-corrected chi connectivity index (χ4v) is 3.49. The molecule has 0 amide bonds. The molecule has 1 N–H and O–H groups in total. The first-order chi connectivity index (χ1) is 12.2. The van der Waals surface area contributed by atoms with Gasteiger partial charge in [0.15, 0.2) is 0 Å². The van der Waals surface area contributed by atoms with Crippen molar-refractivity contribution in [2.75, 3.05) is 17.7 Å². The normalized spacial score (nSPS) is 16.4. The van der Waals surface area contributed by atoms with Crippen LogP contribution in [0, 0.1) is 0 Å². The van der Waals surface area contributed by atoms with Crippen molar-refractivity contribution in [2.45, 2.75) is 38.4 Å². The number of carbonyl (C=O) groups excluding carboxylic acids is 1. The molecule has 1 unspecified atom stereocenters. The number of allylic oxidation sites excluding steroid dienone is 1. The minimum atomic E-state index is -0.347. The van der Waals surface area contributed by atoms with Crippen molar-refractivity contribution in [2.24, 2.45) is 0 Å². The highest BCUT2D eigenvalue weighted by Crippen LogP contribution is 2.36. The van der Waals surface area contributed by atoms with Gasteiger partial charge in [-0.1, -0.05) is 49.0 Å². The van der Waals surface area contributed by atoms with Crippen LogP contribution in [0.25, 0.3) is 0 Å². The first-order valence-electron chi connectivity index (χ1n) is 8.44. The standard InChI is InChI=1S/C18H22N4O2S/c1-4-11-25-18-20-17-19-12(3)14(16(23)24-5-2)15(22(17)21-18)13-9-7-6-8-10-13/h6-10,15H,4-5,11H2,1-3H3,(H,19,20,21). The average Bonchev–Trinajstić information content (AvgIpc) is 3.01. The Morgan fingerprint density at radius 3 is 2.76 bits per heavy atom. The molecule has 0 saturated heterocycles. The van der Waals surface area contributed by atoms with Gasteiger partial charge in [-0.25, -0.2) is 9.48 Å². The van der Waals surface area contributed by atoms with Crippen molar-refractivity contribution < 1.29 is 9.53 Å². The van der Waals surface area contributed by atoms with Gasteiger partial charge in [-0.2, -0.15) is 4.98 Å². The van der Waals surface area contributed by atoms with E-state index in [0.717, 1.165) is 23.4 Å². The van der Waals surface area contributed by atoms with Crippen LogP contribution in [0.1, 0.15) is 38.8 Å². The monoisotopic (exact) mass is 358 g/mol. The van der Waals surface area contributed by atoms with Gasteiger partial charge in [0, 0.05) is 11.4 Å². The number of rotatable bonds is 6. The minimum absolute atomic E-state index is 0.328. The number of aromatic nitrogens is 3. The van der Waals surface area contributed by atoms with E-state index in [-0.39, 0.29) is 12.0 Å². The van der Waals surface area contributed by atoms with E-state index in [0.29, 0.717) is 23.3 Å². The smallest absolute Gasteiger partial charge is 0.338 e. The molecule has 0 saturated carbocycles. The van der Waals surface area contributed by atoms with Gasteiger partial charge in [0.2, 0.25) is 11.1 Å². The summed E-state index contributed by atoms with van der Waals surface area (Å²) in [6.07, 6.45) is 1.05. The number of benzene rings is 1. The largest absolute Gasteiger partial charge is 0.463 e. The molecule has 1 aromatic carbocycles. The number of anilines is 1. The Kier molecular flexibility index (Phi) is 5.43. The third-order valence-electron chi connectivity index (χ3n) is 3.88. The number of nitrogens with zero attached hydrogens (tertiary/aromatic N) is 3. The molecule has 7 heteroatoms. The van der Waals surface area contributed by atoms with Gasteiger partial charge in [-0.05, 0) is 25.8 Å². The second-order valence-corrected chi connectivity index (χ2v) is 6.77. The maximum absolute atomic E-state index is 12.6. The lowest BCUT2D eigenvalue weighted by atomic mass is 9.96. The molecule has 1 aliphatic rings. The van der Waals surface area contributed by atoms with Gasteiger partial charge in [0.25, 0.3) is 0 Å². The van der Waals surface area contributed by atoms with E-state index in [9.17, 15) is 4.79 Å². The van der Waals surface area contributed by atoms with E-state index in [1.807, 2.05) is 44.2 Å². The number of hydrogen-bond donors (Lipinski definition) is 1. The van der Waals surface area contributed by atoms with Crippen LogP contribution in [0.2, 0.25) is 0 Å². The fourth-order valence-electron chi connectivity index (χ4n) is 2.80. The van der Waals surface area contributed by atoms with Crippen LogP contribution in [-0.4, -0.2) is 33.1 Å². The Labute approximate surface area is 151 Å². The Balaban J connectivity index is 2.07. The van der Waals surface area contributed by atoms with E-state index in [2.05, 4.69) is 22.3 Å². The summed E-state index contributed by atoms with van der Waals surface area (Å²) in [4.78, 5) is 17.2. The Morgan fingerprint density at radius 1 is 1.32 bits per heavy atom. The van der Waals surface area contributed by atoms with Gasteiger partial charge in [0.05, 0.1) is 12.2 Å². The summed E-state index contributed by atoms with van der Waals surface area (Å²) in [7, 11) is 0. The highest BCUT2D eigenvalue weighted by molar-refractivity contribution is 7.99. The molecular weight excluding hydrogens is 336 g/mol. The Bertz CT molecular complexity index is 786. The predicted octanol–water partition coefficient (Wildman–Crippen LogP) is 3.63. The summed E-state index contributed by atoms with van der Waals surface area (Å²) >= 11 is 1.61. The van der Waals surface area contributed by atoms with E-state index >= 15 is 0 Å². The molecule has 1 atom stereocenters. The van der Waals surface area contributed by atoms with E-state index in [1.54, 1.807) is 16.4 Å². The fraction of sp³-hybridized carbons (Fsp3) is 0.389. The van der Waals surface area contributed by atoms with Crippen LogP contribution in [0.3, 0.4) is 0 Å². The number of esters is 1. The SMILES string of the molecule is CCCSc1nc2n(n1)C(c1ccccc1)C(C(=O)OCC)=C(C)N2. The summed E-state index contributed by atoms with van der Waals surface area (Å²) in [5.74, 6) is 1.28. The molecule has 6 nitrogen and oxygen atoms in total. The van der Waals surface area contributed by atoms with Gasteiger partial charge in [-0.3, -0.25) is 0 Å². The van der Waals surface area contributed by atoms with E-state index in [1.165, 1.54) is 0 Å². The minimum Gasteiger partial charge on any atom is -0.463 e. The lowest BCUT2D eigenvalue weighted by Gasteiger charge is -2.28. The molecule has 2 aromatic rings. The zero-order valence-electron chi connectivity index (χ0n) is 14.7. The van der Waals surface area contributed by atoms with Crippen molar-refractivity contribution in [1.82, 2.24) is 14.8 Å². The summed E-state index contributed by atoms with van der Waals surface area (Å²) in [5.41, 5.74) is 2.29. The molecule has 3 rings (SSSR count). The van der Waals surface area contributed by atoms with Gasteiger partial charge in [-0.15, -0.1) is 5.10 Å². The second-order valence-electron chi connectivity index (χ2n) is 5.71. The molecule has 0 fully saturated rings. The number of ether oxygens (including phenoxy) is 1. The maximum atomic E-state index is 12.6. The quantitative estimate of drug-likeness (QED) is 0.628. The molecule has 0 aliphatic carbocycles. The first-order valence-corrected chi connectivity index (χ1v) is 9.43. The van der Waals surface area contributed by atoms with Crippen LogP contribution < -0.4 is 5.32 Å². The van der Waals surface area contributed by atoms with Crippen LogP contribution in [0.4, 0.5) is 5.95 Å². The van der Waals surface area contributed by atoms with Crippen LogP contribution in [0.15, 0.2) is 46.8 Å². The van der Waals surface area contributed by atoms with Crippen LogP contribution >= 0.6 is 11.8 Å². The van der Waals surface area contributed by atoms with Crippen molar-refractivity contribution in [3.8, 4) is 0 Å². The summed E-state index contributed by atoms with van der Waals surface area (Å²) < 4.78 is 7.07. The predicted molar refractivity (Wildman–Crippen MR) is 98.6 cm³/mol. The summed E-state index contributed by atoms with van der Waals surface area (Å²) in [6, 6.07) is 9.51. The Hall–Kier alpha value is -2.28. The molecule has 132 valence electrons. The van der Waals surface area contributed by atoms with Crippen LogP contribution in [-0.2, 0) is 9.53 Å². The molecular formula is C18H22N4O2S. The number of hydrogen-bond acceptors (Lipinski definition) is 6. The molecule has 2 heterocycles. The van der Waals surface area contributed by atoms with E-state index in [4.69, 9.17) is 4.74 Å². The number of carbonyl (C=O) groups is 1. The van der Waals surface area contributed by atoms with Crippen molar-refractivity contribution in [1.29, 1.82) is 0 Å². The average molecular weight is 358 g/mol. The van der Waals surface area contributed by atoms with Crippen molar-refractivity contribution in [3.63, 3.8) is 0 Å². The molecule has 0 radical (unpaired) electrons. The highest BCUT2D eigenvalue weighted by atomic mass is 32.2. The molecule has 0 spiro atoms. The molecule has 25 heavy (non-hydrogen) atoms. The Morgan fingerprint density at radius 2 is 2.08 bits per heavy atom. The first kappa shape index (κ1) is 17.5. The number of fused-ring (bicyclic) bond motifs is 1. The van der Waals surface area contributed by atoms with Crippen molar-refractivity contribution >= 4 is 23.7 Å². The lowest BCUT2D eigenvalue weighted by molar-refractivity contribution is -0.139. The van der Waals surface area contributed by atoms with Crippen molar-refractivity contribution in [3.05, 3.63) is 47.2 Å². The molecule has 0 bridgehead atoms. The van der Waals surface area contributed by atoms with Gasteiger partial charge < -0.3 is 10.1 Å². The number of nitrogens with one attached hydrogen (secondary N) is 1. The number of thioether (sulfide) groups is 1. The van der Waals surface area contributed by atoms with Gasteiger partial charge >= 0.3 is 5.97 Å². The molecule has 1 aliphatic heterocycles. The van der Waals surface area contributed by atoms with E-state index < -0.39 is 0 Å². The highest BCUT2D eigenvalue weighted by Gasteiger charge is 2.34. The second kappa shape index (κ2) is 7.74. The third-order valence-corrected chi connectivity index (χ3v) is 4.92. The van der Waals surface area contributed by atoms with Gasteiger partial charge in [0.1, 0.15) is 6.04 Å². The lowest BCUT2D eigenvalue weighted by Crippen LogP contribution is -2.29. The topological polar surface area (TPSA) is 69.0 Å². The molecule has 1 aromatic heterocycles. The summed E-state index contributed by atoms with van der Waals surface area (Å²) in [6.45, 7) is 6.14. The maximum Gasteiger partial charge on any atom is 0.338 e. The third kappa shape index (κ3) is 3.56. The summed E-state index contributed by atoms with van der Waals surface area (Å²) in [5, 5.41) is 8.55. The zero-order valence-corrected chi connectivity index (χ0v) is 15.5. The zero-order chi connectivity index (χ0) is 17.8. The van der Waals surface area contributed by atoms with Crippen LogP contribution in [0.5, 0.6) is 0 Å².